The average molecular weight is 1040 g/mol. The number of nitrogens with two attached hydrogens (primary N) is 1. The van der Waals surface area contributed by atoms with Gasteiger partial charge in [0.15, 0.2) is 15.5 Å². The molecule has 0 radical (unpaired) electrons. The number of aryl methyl sites for hydroxylation is 2. The predicted molar refractivity (Wildman–Crippen MR) is 274 cm³/mol. The lowest BCUT2D eigenvalue weighted by atomic mass is 9.96. The van der Waals surface area contributed by atoms with Gasteiger partial charge in [0.25, 0.3) is 6.43 Å². The van der Waals surface area contributed by atoms with E-state index in [1.165, 1.54) is 62.5 Å². The first kappa shape index (κ1) is 53.1. The fourth-order valence-electron chi connectivity index (χ4n) is 7.68. The summed E-state index contributed by atoms with van der Waals surface area (Å²) in [5.74, 6) is 8.52. The van der Waals surface area contributed by atoms with Crippen LogP contribution in [0.15, 0.2) is 173 Å². The SMILES string of the molecule is C=S(C)(=O)c1ccc(-n2cc(C(F)(F)F)nc2-c2cccnc2)cc1.Cc1ccc(-c2cc(C(F)F)nn2-c2ccc(SOON)cc2)cc1.Cc1ccc(C2=C(c3ccc(S(C)(=O)=O)cc3)CCC2)cc1. The lowest BCUT2D eigenvalue weighted by molar-refractivity contribution is -0.195. The fraction of sp³-hybridized carbons (Fsp3) is 0.170. The first-order valence-corrected chi connectivity index (χ1v) is 26.8. The van der Waals surface area contributed by atoms with E-state index < -0.39 is 37.7 Å². The Morgan fingerprint density at radius 2 is 1.26 bits per heavy atom. The number of hydrogen-bond acceptors (Lipinski definition) is 10. The number of halogens is 5. The van der Waals surface area contributed by atoms with Gasteiger partial charge in [-0.15, -0.1) is 9.32 Å². The van der Waals surface area contributed by atoms with E-state index in [9.17, 15) is 34.6 Å². The van der Waals surface area contributed by atoms with E-state index in [4.69, 9.17) is 5.90 Å². The van der Waals surface area contributed by atoms with Crippen LogP contribution in [-0.2, 0) is 34.9 Å². The van der Waals surface area contributed by atoms with Gasteiger partial charge in [0, 0.05) is 57.7 Å². The Hall–Kier alpha value is -6.74. The number of imidazole rings is 1. The van der Waals surface area contributed by atoms with Crippen LogP contribution in [0.2, 0.25) is 0 Å². The van der Waals surface area contributed by atoms with Crippen LogP contribution in [0, 0.1) is 13.8 Å². The van der Waals surface area contributed by atoms with Crippen molar-refractivity contribution in [2.24, 2.45) is 5.90 Å². The van der Waals surface area contributed by atoms with Crippen LogP contribution >= 0.6 is 12.0 Å². The van der Waals surface area contributed by atoms with Gasteiger partial charge >= 0.3 is 6.18 Å². The molecule has 1 unspecified atom stereocenters. The maximum Gasteiger partial charge on any atom is 0.434 e. The number of nitrogens with zero attached hydrogens (tertiary/aromatic N) is 5. The molecule has 3 aromatic heterocycles. The zero-order valence-electron chi connectivity index (χ0n) is 39.4. The molecule has 0 saturated carbocycles. The molecule has 11 nitrogen and oxygen atoms in total. The third-order valence-corrected chi connectivity index (χ3v) is 14.3. The standard InChI is InChI=1S/C19H20O2S.C17H14F3N3OS.C17H15F2N3O2S/c1-14-6-8-15(9-7-14)18-4-3-5-19(18)16-10-12-17(13-11-16)22(2,20)21;1-25(2,24)14-7-5-13(6-8-14)23-11-15(17(18,19)20)22-16(23)12-4-3-9-21-10-12;1-11-2-4-12(5-3-11)16-10-15(17(18)19)21-22(16)13-6-8-14(9-7-13)25-24-23-20/h6-13H,3-5H2,1-2H3;3-11H,1H2,2H3;2-10,17H,20H2,1H3. The summed E-state index contributed by atoms with van der Waals surface area (Å²) in [7, 11) is -5.53. The smallest absolute Gasteiger partial charge is 0.299 e. The van der Waals surface area contributed by atoms with E-state index >= 15 is 0 Å². The van der Waals surface area contributed by atoms with Crippen LogP contribution in [0.1, 0.15) is 59.3 Å². The van der Waals surface area contributed by atoms with Crippen molar-refractivity contribution >= 4 is 48.4 Å². The van der Waals surface area contributed by atoms with Gasteiger partial charge in [-0.1, -0.05) is 71.8 Å². The van der Waals surface area contributed by atoms with Crippen LogP contribution in [0.4, 0.5) is 22.0 Å². The van der Waals surface area contributed by atoms with Crippen molar-refractivity contribution < 1.29 is 43.9 Å². The summed E-state index contributed by atoms with van der Waals surface area (Å²) in [6, 6.07) is 41.6. The van der Waals surface area contributed by atoms with Crippen molar-refractivity contribution in [1.82, 2.24) is 24.3 Å². The average Bonchev–Trinajstić information content (AvgIpc) is 4.15. The normalized spacial score (nSPS) is 13.5. The molecule has 9 rings (SSSR count). The van der Waals surface area contributed by atoms with Crippen LogP contribution in [0.5, 0.6) is 0 Å². The second-order valence-corrected chi connectivity index (χ2v) is 22.1. The molecule has 0 fully saturated rings. The maximum absolute atomic E-state index is 13.1. The third kappa shape index (κ3) is 13.4. The van der Waals surface area contributed by atoms with Crippen LogP contribution < -0.4 is 5.90 Å². The molecule has 0 bridgehead atoms. The lowest BCUT2D eigenvalue weighted by Gasteiger charge is -2.09. The number of aromatic nitrogens is 5. The number of hydrogen-bond donors (Lipinski definition) is 1. The number of rotatable bonds is 12. The van der Waals surface area contributed by atoms with E-state index in [1.54, 1.807) is 72.8 Å². The van der Waals surface area contributed by atoms with E-state index in [2.05, 4.69) is 61.4 Å². The van der Waals surface area contributed by atoms with E-state index in [1.807, 2.05) is 43.3 Å². The van der Waals surface area contributed by atoms with Gasteiger partial charge in [0.05, 0.1) is 28.3 Å². The Labute approximate surface area is 419 Å². The highest BCUT2D eigenvalue weighted by Gasteiger charge is 2.35. The minimum absolute atomic E-state index is 0.125. The monoisotopic (exact) mass is 1040 g/mol. The molecule has 19 heteroatoms. The van der Waals surface area contributed by atoms with E-state index in [0.717, 1.165) is 59.1 Å². The number of benzene rings is 5. The quantitative estimate of drug-likeness (QED) is 0.0413. The number of sulfone groups is 1. The van der Waals surface area contributed by atoms with Gasteiger partial charge in [-0.3, -0.25) is 13.8 Å². The molecule has 0 spiro atoms. The van der Waals surface area contributed by atoms with Crippen molar-refractivity contribution in [1.29, 1.82) is 0 Å². The lowest BCUT2D eigenvalue weighted by Crippen LogP contribution is -2.05. The van der Waals surface area contributed by atoms with Crippen molar-refractivity contribution in [2.45, 2.75) is 60.4 Å². The molecule has 8 aromatic rings. The summed E-state index contributed by atoms with van der Waals surface area (Å²) < 4.78 is 108. The van der Waals surface area contributed by atoms with Gasteiger partial charge in [-0.05, 0) is 150 Å². The van der Waals surface area contributed by atoms with Crippen molar-refractivity contribution in [3.63, 3.8) is 0 Å². The van der Waals surface area contributed by atoms with Crippen molar-refractivity contribution in [3.8, 4) is 34.0 Å². The summed E-state index contributed by atoms with van der Waals surface area (Å²) in [5.41, 5.74) is 9.24. The molecule has 1 atom stereocenters. The van der Waals surface area contributed by atoms with E-state index in [0.29, 0.717) is 32.4 Å². The second-order valence-electron chi connectivity index (χ2n) is 16.8. The highest BCUT2D eigenvalue weighted by atomic mass is 32.2. The first-order chi connectivity index (χ1) is 34.2. The molecule has 5 aromatic carbocycles. The molecular formula is C53H49F5N6O5S3. The molecular weight excluding hydrogens is 992 g/mol. The highest BCUT2D eigenvalue weighted by molar-refractivity contribution is 7.99. The number of allylic oxidation sites excluding steroid dienone is 2. The minimum atomic E-state index is -4.56. The first-order valence-electron chi connectivity index (χ1n) is 22.0. The summed E-state index contributed by atoms with van der Waals surface area (Å²) in [6.07, 6.45) is 2.76. The van der Waals surface area contributed by atoms with Crippen LogP contribution in [0.25, 0.3) is 45.2 Å². The van der Waals surface area contributed by atoms with Crippen molar-refractivity contribution in [2.75, 3.05) is 12.5 Å². The van der Waals surface area contributed by atoms with Gasteiger partial charge in [-0.25, -0.2) is 26.9 Å². The van der Waals surface area contributed by atoms with Gasteiger partial charge in [0.1, 0.15) is 11.5 Å². The Kier molecular flexibility index (Phi) is 16.8. The zero-order chi connectivity index (χ0) is 51.8. The fourth-order valence-corrected chi connectivity index (χ4v) is 9.39. The number of alkyl halides is 5. The summed E-state index contributed by atoms with van der Waals surface area (Å²) >= 11 is 0.940. The predicted octanol–water partition coefficient (Wildman–Crippen LogP) is 12.8. The Bertz CT molecular complexity index is 3370. The van der Waals surface area contributed by atoms with Crippen molar-refractivity contribution in [3.05, 3.63) is 192 Å². The molecule has 0 amide bonds. The molecule has 1 aliphatic carbocycles. The molecule has 3 heterocycles. The zero-order valence-corrected chi connectivity index (χ0v) is 41.8. The molecule has 374 valence electrons. The third-order valence-electron chi connectivity index (χ3n) is 11.3. The van der Waals surface area contributed by atoms with Crippen LogP contribution in [0.3, 0.4) is 0 Å². The Morgan fingerprint density at radius 3 is 1.76 bits per heavy atom. The Balaban J connectivity index is 0.000000159. The largest absolute Gasteiger partial charge is 0.434 e. The van der Waals surface area contributed by atoms with Gasteiger partial charge < -0.3 is 0 Å². The summed E-state index contributed by atoms with van der Waals surface area (Å²) in [4.78, 5) is 13.3. The molecule has 0 saturated heterocycles. The highest BCUT2D eigenvalue weighted by Crippen LogP contribution is 2.40. The molecule has 0 aliphatic heterocycles. The maximum atomic E-state index is 13.1. The van der Waals surface area contributed by atoms with E-state index in [-0.39, 0.29) is 11.5 Å². The summed E-state index contributed by atoms with van der Waals surface area (Å²) in [6.45, 7) is 4.06. The summed E-state index contributed by atoms with van der Waals surface area (Å²) in [5, 5.41) is 4.05. The van der Waals surface area contributed by atoms with Gasteiger partial charge in [0.2, 0.25) is 0 Å². The topological polar surface area (TPSA) is 144 Å². The minimum Gasteiger partial charge on any atom is -0.299 e. The molecule has 72 heavy (non-hydrogen) atoms. The number of pyridine rings is 1. The van der Waals surface area contributed by atoms with Crippen LogP contribution in [-0.4, -0.2) is 55.3 Å². The molecule has 2 N–H and O–H groups in total. The Morgan fingerprint density at radius 1 is 0.722 bits per heavy atom. The second kappa shape index (κ2) is 22.8. The van der Waals surface area contributed by atoms with Gasteiger partial charge in [-0.2, -0.15) is 24.2 Å². The molecule has 1 aliphatic rings.